The number of nitrogen functional groups attached to an aromatic ring is 1. The Kier molecular flexibility index (Phi) is 6.34. The third-order valence-corrected chi connectivity index (χ3v) is 1.99. The Labute approximate surface area is 106 Å². The van der Waals surface area contributed by atoms with Crippen LogP contribution in [0.3, 0.4) is 0 Å². The van der Waals surface area contributed by atoms with Crippen molar-refractivity contribution in [1.82, 2.24) is 10.6 Å². The van der Waals surface area contributed by atoms with Gasteiger partial charge in [-0.3, -0.25) is 10.2 Å². The molecule has 0 aromatic carbocycles. The minimum atomic E-state index is -0.495. The number of nitrogens with one attached hydrogen (secondary N) is 1. The fraction of sp³-hybridized carbons (Fsp3) is 0.636. The number of hydrogen-bond acceptors (Lipinski definition) is 6. The van der Waals surface area contributed by atoms with Crippen LogP contribution in [0.15, 0.2) is 10.6 Å². The highest BCUT2D eigenvalue weighted by Gasteiger charge is 2.10. The second-order valence-electron chi connectivity index (χ2n) is 4.17. The molecule has 7 nitrogen and oxygen atoms in total. The summed E-state index contributed by atoms with van der Waals surface area (Å²) in [4.78, 5) is 11.1. The van der Waals surface area contributed by atoms with Crippen LogP contribution in [-0.2, 0) is 16.1 Å². The molecule has 1 heterocycles. The van der Waals surface area contributed by atoms with Gasteiger partial charge in [0.15, 0.2) is 11.5 Å². The molecule has 1 amide bonds. The molecule has 7 heteroatoms. The monoisotopic (exact) mass is 257 g/mol. The summed E-state index contributed by atoms with van der Waals surface area (Å²) in [6.07, 6.45) is 0. The molecule has 1 rings (SSSR count). The lowest BCUT2D eigenvalue weighted by molar-refractivity contribution is 0.0250. The predicted molar refractivity (Wildman–Crippen MR) is 63.5 cm³/mol. The van der Waals surface area contributed by atoms with Gasteiger partial charge in [0.05, 0.1) is 13.2 Å². The zero-order valence-electron chi connectivity index (χ0n) is 10.6. The van der Waals surface area contributed by atoms with Gasteiger partial charge in [0.1, 0.15) is 6.61 Å². The van der Waals surface area contributed by atoms with Gasteiger partial charge in [-0.25, -0.2) is 5.84 Å². The van der Waals surface area contributed by atoms with Gasteiger partial charge in [0.2, 0.25) is 0 Å². The van der Waals surface area contributed by atoms with Gasteiger partial charge >= 0.3 is 0 Å². The fourth-order valence-corrected chi connectivity index (χ4v) is 1.17. The van der Waals surface area contributed by atoms with Gasteiger partial charge < -0.3 is 14.0 Å². The standard InChI is InChI=1S/C11H19N3O4/c1-8(2)6-16-3-4-17-7-9-5-10(14-18-9)11(15)13-12/h5,8H,3-4,6-7,12H2,1-2H3,(H,13,15). The van der Waals surface area contributed by atoms with Crippen LogP contribution < -0.4 is 11.3 Å². The maximum absolute atomic E-state index is 11.1. The third-order valence-electron chi connectivity index (χ3n) is 1.99. The van der Waals surface area contributed by atoms with Crippen molar-refractivity contribution in [3.8, 4) is 0 Å². The third kappa shape index (κ3) is 5.26. The van der Waals surface area contributed by atoms with E-state index >= 15 is 0 Å². The summed E-state index contributed by atoms with van der Waals surface area (Å²) >= 11 is 0. The smallest absolute Gasteiger partial charge is 0.287 e. The molecule has 3 N–H and O–H groups in total. The highest BCUT2D eigenvalue weighted by Crippen LogP contribution is 2.04. The largest absolute Gasteiger partial charge is 0.379 e. The summed E-state index contributed by atoms with van der Waals surface area (Å²) in [6.45, 7) is 6.12. The highest BCUT2D eigenvalue weighted by molar-refractivity contribution is 5.91. The van der Waals surface area contributed by atoms with Gasteiger partial charge in [-0.05, 0) is 5.92 Å². The number of amides is 1. The molecule has 0 aliphatic carbocycles. The van der Waals surface area contributed by atoms with E-state index in [4.69, 9.17) is 19.8 Å². The summed E-state index contributed by atoms with van der Waals surface area (Å²) < 4.78 is 15.5. The molecule has 0 saturated heterocycles. The fourth-order valence-electron chi connectivity index (χ4n) is 1.17. The minimum absolute atomic E-state index is 0.132. The Balaban J connectivity index is 2.16. The second kappa shape index (κ2) is 7.80. The van der Waals surface area contributed by atoms with Gasteiger partial charge in [-0.1, -0.05) is 19.0 Å². The quantitative estimate of drug-likeness (QED) is 0.304. The number of hydrogen-bond donors (Lipinski definition) is 2. The van der Waals surface area contributed by atoms with Crippen LogP contribution >= 0.6 is 0 Å². The van der Waals surface area contributed by atoms with E-state index in [-0.39, 0.29) is 12.3 Å². The molecule has 0 spiro atoms. The number of carbonyl (C=O) groups is 1. The van der Waals surface area contributed by atoms with Crippen molar-refractivity contribution in [2.45, 2.75) is 20.5 Å². The van der Waals surface area contributed by atoms with Crippen molar-refractivity contribution < 1.29 is 18.8 Å². The predicted octanol–water partition coefficient (Wildman–Crippen LogP) is 0.467. The Morgan fingerprint density at radius 3 is 2.89 bits per heavy atom. The van der Waals surface area contributed by atoms with E-state index in [9.17, 15) is 4.79 Å². The number of nitrogens with two attached hydrogens (primary N) is 1. The molecule has 0 bridgehead atoms. The number of rotatable bonds is 8. The van der Waals surface area contributed by atoms with Crippen molar-refractivity contribution in [2.75, 3.05) is 19.8 Å². The lowest BCUT2D eigenvalue weighted by Gasteiger charge is -2.06. The second-order valence-corrected chi connectivity index (χ2v) is 4.17. The van der Waals surface area contributed by atoms with Gasteiger partial charge in [-0.2, -0.15) is 0 Å². The number of ether oxygens (including phenoxy) is 2. The van der Waals surface area contributed by atoms with E-state index in [1.807, 2.05) is 5.43 Å². The van der Waals surface area contributed by atoms with Crippen molar-refractivity contribution in [3.05, 3.63) is 17.5 Å². The molecule has 0 aliphatic heterocycles. The van der Waals surface area contributed by atoms with Crippen molar-refractivity contribution in [2.24, 2.45) is 11.8 Å². The zero-order valence-corrected chi connectivity index (χ0v) is 10.6. The molecule has 0 atom stereocenters. The normalized spacial score (nSPS) is 10.9. The Morgan fingerprint density at radius 1 is 1.50 bits per heavy atom. The zero-order chi connectivity index (χ0) is 13.4. The topological polar surface area (TPSA) is 99.6 Å². The summed E-state index contributed by atoms with van der Waals surface area (Å²) in [5.41, 5.74) is 2.10. The lowest BCUT2D eigenvalue weighted by Crippen LogP contribution is -2.30. The molecule has 1 aromatic heterocycles. The maximum Gasteiger partial charge on any atom is 0.287 e. The summed E-state index contributed by atoms with van der Waals surface area (Å²) in [5.74, 6) is 5.45. The lowest BCUT2D eigenvalue weighted by atomic mass is 10.2. The average molecular weight is 257 g/mol. The first-order chi connectivity index (χ1) is 8.63. The Morgan fingerprint density at radius 2 is 2.22 bits per heavy atom. The molecular weight excluding hydrogens is 238 g/mol. The molecule has 0 unspecified atom stereocenters. The summed E-state index contributed by atoms with van der Waals surface area (Å²) in [6, 6.07) is 1.48. The molecule has 0 radical (unpaired) electrons. The number of aromatic nitrogens is 1. The van der Waals surface area contributed by atoms with Gasteiger partial charge in [-0.15, -0.1) is 0 Å². The number of nitrogens with zero attached hydrogens (tertiary/aromatic N) is 1. The average Bonchev–Trinajstić information content (AvgIpc) is 2.81. The Hall–Kier alpha value is -1.44. The number of carbonyl (C=O) groups excluding carboxylic acids is 1. The van der Waals surface area contributed by atoms with E-state index < -0.39 is 5.91 Å². The SMILES string of the molecule is CC(C)COCCOCc1cc(C(=O)NN)no1. The van der Waals surface area contributed by atoms with Crippen LogP contribution in [0.2, 0.25) is 0 Å². The molecule has 0 fully saturated rings. The van der Waals surface area contributed by atoms with Gasteiger partial charge in [0, 0.05) is 12.7 Å². The van der Waals surface area contributed by atoms with Crippen molar-refractivity contribution >= 4 is 5.91 Å². The molecule has 102 valence electrons. The van der Waals surface area contributed by atoms with Crippen molar-refractivity contribution in [3.63, 3.8) is 0 Å². The van der Waals surface area contributed by atoms with Crippen LogP contribution in [-0.4, -0.2) is 30.9 Å². The first-order valence-electron chi connectivity index (χ1n) is 5.75. The van der Waals surface area contributed by atoms with Crippen LogP contribution in [0.25, 0.3) is 0 Å². The van der Waals surface area contributed by atoms with E-state index in [0.29, 0.717) is 31.5 Å². The maximum atomic E-state index is 11.1. The number of hydrazine groups is 1. The van der Waals surface area contributed by atoms with Gasteiger partial charge in [0.25, 0.3) is 5.91 Å². The molecule has 1 aromatic rings. The first kappa shape index (κ1) is 14.6. The van der Waals surface area contributed by atoms with E-state index in [1.165, 1.54) is 6.07 Å². The van der Waals surface area contributed by atoms with Crippen LogP contribution in [0, 0.1) is 5.92 Å². The molecule has 0 aliphatic rings. The first-order valence-corrected chi connectivity index (χ1v) is 5.75. The molecule has 18 heavy (non-hydrogen) atoms. The van der Waals surface area contributed by atoms with E-state index in [1.54, 1.807) is 0 Å². The van der Waals surface area contributed by atoms with E-state index in [2.05, 4.69) is 19.0 Å². The summed E-state index contributed by atoms with van der Waals surface area (Å²) in [5, 5.41) is 3.55. The minimum Gasteiger partial charge on any atom is -0.379 e. The van der Waals surface area contributed by atoms with Crippen LogP contribution in [0.4, 0.5) is 0 Å². The van der Waals surface area contributed by atoms with Crippen LogP contribution in [0.1, 0.15) is 30.1 Å². The van der Waals surface area contributed by atoms with Crippen LogP contribution in [0.5, 0.6) is 0 Å². The summed E-state index contributed by atoms with van der Waals surface area (Å²) in [7, 11) is 0. The van der Waals surface area contributed by atoms with Crippen molar-refractivity contribution in [1.29, 1.82) is 0 Å². The Bertz CT molecular complexity index is 365. The van der Waals surface area contributed by atoms with E-state index in [0.717, 1.165) is 0 Å². The molecule has 0 saturated carbocycles. The molecular formula is C11H19N3O4. The highest BCUT2D eigenvalue weighted by atomic mass is 16.5.